The molecule has 9 nitrogen and oxygen atoms in total. The van der Waals surface area contributed by atoms with Crippen molar-refractivity contribution >= 4 is 39.0 Å². The molecule has 2 N–H and O–H groups in total. The summed E-state index contributed by atoms with van der Waals surface area (Å²) >= 11 is 5.77. The molecule has 2 aromatic rings. The minimum atomic E-state index is -3.61. The first-order chi connectivity index (χ1) is 17.5. The zero-order valence-electron chi connectivity index (χ0n) is 21.9. The lowest BCUT2D eigenvalue weighted by Crippen LogP contribution is -2.51. The van der Waals surface area contributed by atoms with Crippen LogP contribution in [-0.4, -0.2) is 66.6 Å². The molecule has 0 saturated carbocycles. The van der Waals surface area contributed by atoms with Crippen LogP contribution in [0, 0.1) is 0 Å². The highest BCUT2D eigenvalue weighted by Gasteiger charge is 2.33. The highest BCUT2D eigenvalue weighted by Crippen LogP contribution is 2.26. The van der Waals surface area contributed by atoms with E-state index in [1.165, 1.54) is 4.31 Å². The Morgan fingerprint density at radius 3 is 2.46 bits per heavy atom. The number of rotatable bonds is 9. The number of hydrogen-bond acceptors (Lipinski definition) is 7. The van der Waals surface area contributed by atoms with Gasteiger partial charge >= 0.3 is 5.97 Å². The molecule has 202 valence electrons. The van der Waals surface area contributed by atoms with Crippen LogP contribution in [0.1, 0.15) is 46.1 Å². The predicted molar refractivity (Wildman–Crippen MR) is 149 cm³/mol. The van der Waals surface area contributed by atoms with Gasteiger partial charge in [-0.1, -0.05) is 19.4 Å². The molecule has 1 saturated heterocycles. The van der Waals surface area contributed by atoms with Gasteiger partial charge in [0.15, 0.2) is 5.11 Å². The molecule has 0 spiro atoms. The smallest absolute Gasteiger partial charge is 0.329 e. The standard InChI is InChI=1S/C26H37N5O4S2/c1-5-7-23(24(32)35-26(2,3)4)31(25(36)29-19-20-8-6-13-28-18-20)21-9-11-22(12-10-21)37(33,34)30-16-14-27-15-17-30/h6,8-13,18,23,27H,5,7,14-17,19H2,1-4H3,(H,29,36). The fourth-order valence-corrected chi connectivity index (χ4v) is 5.76. The van der Waals surface area contributed by atoms with Gasteiger partial charge in [-0.25, -0.2) is 13.2 Å². The maximum atomic E-state index is 13.3. The van der Waals surface area contributed by atoms with E-state index in [-0.39, 0.29) is 4.90 Å². The number of sulfonamides is 1. The molecule has 37 heavy (non-hydrogen) atoms. The van der Waals surface area contributed by atoms with E-state index in [2.05, 4.69) is 15.6 Å². The number of carbonyl (C=O) groups excluding carboxylic acids is 1. The van der Waals surface area contributed by atoms with Crippen molar-refractivity contribution in [3.63, 3.8) is 0 Å². The van der Waals surface area contributed by atoms with E-state index in [4.69, 9.17) is 17.0 Å². The lowest BCUT2D eigenvalue weighted by Gasteiger charge is -2.34. The first-order valence-electron chi connectivity index (χ1n) is 12.5. The average molecular weight is 548 g/mol. The number of piperazine rings is 1. The van der Waals surface area contributed by atoms with E-state index in [1.807, 2.05) is 39.8 Å². The Balaban J connectivity index is 1.92. The molecule has 1 unspecified atom stereocenters. The van der Waals surface area contributed by atoms with Gasteiger partial charge in [0.25, 0.3) is 0 Å². The molecule has 1 aliphatic heterocycles. The molecule has 0 amide bonds. The number of hydrogen-bond donors (Lipinski definition) is 2. The highest BCUT2D eigenvalue weighted by molar-refractivity contribution is 7.89. The monoisotopic (exact) mass is 547 g/mol. The topological polar surface area (TPSA) is 104 Å². The molecule has 1 aliphatic rings. The Hall–Kier alpha value is -2.60. The number of anilines is 1. The number of benzene rings is 1. The van der Waals surface area contributed by atoms with E-state index in [0.717, 1.165) is 12.0 Å². The summed E-state index contributed by atoms with van der Waals surface area (Å²) in [5.41, 5.74) is 0.875. The number of aromatic nitrogens is 1. The largest absolute Gasteiger partial charge is 0.458 e. The van der Waals surface area contributed by atoms with Gasteiger partial charge in [-0.3, -0.25) is 4.98 Å². The zero-order chi connectivity index (χ0) is 27.1. The van der Waals surface area contributed by atoms with E-state index in [0.29, 0.717) is 49.9 Å². The van der Waals surface area contributed by atoms with Crippen LogP contribution in [0.25, 0.3) is 0 Å². The summed E-state index contributed by atoms with van der Waals surface area (Å²) in [5, 5.41) is 6.73. The number of thiocarbonyl (C=S) groups is 1. The summed E-state index contributed by atoms with van der Waals surface area (Å²) < 4.78 is 33.5. The van der Waals surface area contributed by atoms with Crippen LogP contribution in [0.2, 0.25) is 0 Å². The fraction of sp³-hybridized carbons (Fsp3) is 0.500. The Bertz CT molecular complexity index is 1150. The van der Waals surface area contributed by atoms with Crippen molar-refractivity contribution in [3.05, 3.63) is 54.4 Å². The van der Waals surface area contributed by atoms with Gasteiger partial charge in [0.2, 0.25) is 10.0 Å². The van der Waals surface area contributed by atoms with Gasteiger partial charge in [0.05, 0.1) is 4.90 Å². The third-order valence-electron chi connectivity index (χ3n) is 5.77. The Kier molecular flexibility index (Phi) is 10.00. The third-order valence-corrected chi connectivity index (χ3v) is 8.02. The molecule has 2 heterocycles. The number of nitrogens with one attached hydrogen (secondary N) is 2. The second-order valence-corrected chi connectivity index (χ2v) is 12.2. The predicted octanol–water partition coefficient (Wildman–Crippen LogP) is 3.07. The van der Waals surface area contributed by atoms with Crippen LogP contribution >= 0.6 is 12.2 Å². The van der Waals surface area contributed by atoms with Gasteiger partial charge in [-0.05, 0) is 75.3 Å². The average Bonchev–Trinajstić information content (AvgIpc) is 2.87. The molecule has 1 aromatic heterocycles. The molecule has 0 aliphatic carbocycles. The van der Waals surface area contributed by atoms with Crippen molar-refractivity contribution < 1.29 is 17.9 Å². The lowest BCUT2D eigenvalue weighted by molar-refractivity contribution is -0.156. The van der Waals surface area contributed by atoms with Crippen molar-refractivity contribution in [1.82, 2.24) is 19.9 Å². The summed E-state index contributed by atoms with van der Waals surface area (Å²) in [4.78, 5) is 19.4. The van der Waals surface area contributed by atoms with E-state index in [9.17, 15) is 13.2 Å². The van der Waals surface area contributed by atoms with Crippen molar-refractivity contribution in [1.29, 1.82) is 0 Å². The minimum absolute atomic E-state index is 0.205. The summed E-state index contributed by atoms with van der Waals surface area (Å²) in [5.74, 6) is -0.391. The van der Waals surface area contributed by atoms with Crippen LogP contribution in [0.4, 0.5) is 5.69 Å². The molecular formula is C26H37N5O4S2. The molecule has 0 radical (unpaired) electrons. The lowest BCUT2D eigenvalue weighted by atomic mass is 10.1. The van der Waals surface area contributed by atoms with Crippen molar-refractivity contribution in [2.24, 2.45) is 0 Å². The minimum Gasteiger partial charge on any atom is -0.458 e. The van der Waals surface area contributed by atoms with Crippen molar-refractivity contribution in [2.75, 3.05) is 31.1 Å². The second-order valence-electron chi connectivity index (χ2n) is 9.88. The Morgan fingerprint density at radius 2 is 1.89 bits per heavy atom. The van der Waals surface area contributed by atoms with Crippen LogP contribution in [0.5, 0.6) is 0 Å². The maximum Gasteiger partial charge on any atom is 0.329 e. The second kappa shape index (κ2) is 12.8. The molecule has 1 atom stereocenters. The van der Waals surface area contributed by atoms with Gasteiger partial charge in [0.1, 0.15) is 11.6 Å². The van der Waals surface area contributed by atoms with E-state index in [1.54, 1.807) is 41.6 Å². The number of ether oxygens (including phenoxy) is 1. The van der Waals surface area contributed by atoms with Crippen LogP contribution in [0.3, 0.4) is 0 Å². The summed E-state index contributed by atoms with van der Waals surface area (Å²) in [6.07, 6.45) is 4.67. The first kappa shape index (κ1) is 29.0. The molecule has 1 fully saturated rings. The summed E-state index contributed by atoms with van der Waals surface area (Å²) in [6, 6.07) is 9.62. The Labute approximate surface area is 225 Å². The van der Waals surface area contributed by atoms with Gasteiger partial charge < -0.3 is 20.3 Å². The van der Waals surface area contributed by atoms with Gasteiger partial charge in [-0.15, -0.1) is 0 Å². The summed E-state index contributed by atoms with van der Waals surface area (Å²) in [7, 11) is -3.61. The SMILES string of the molecule is CCCC(C(=O)OC(C)(C)C)N(C(=S)NCc1cccnc1)c1ccc(S(=O)(=O)N2CCNCC2)cc1. The van der Waals surface area contributed by atoms with Gasteiger partial charge in [-0.2, -0.15) is 4.31 Å². The molecule has 11 heteroatoms. The Morgan fingerprint density at radius 1 is 1.22 bits per heavy atom. The van der Waals surface area contributed by atoms with E-state index >= 15 is 0 Å². The third kappa shape index (κ3) is 7.94. The van der Waals surface area contributed by atoms with Crippen molar-refractivity contribution in [3.8, 4) is 0 Å². The fourth-order valence-electron chi connectivity index (χ4n) is 4.01. The quantitative estimate of drug-likeness (QED) is 0.362. The maximum absolute atomic E-state index is 13.3. The van der Waals surface area contributed by atoms with Crippen LogP contribution < -0.4 is 15.5 Å². The van der Waals surface area contributed by atoms with E-state index < -0.39 is 27.6 Å². The van der Waals surface area contributed by atoms with Crippen molar-refractivity contribution in [2.45, 2.75) is 63.6 Å². The molecule has 3 rings (SSSR count). The molecule has 1 aromatic carbocycles. The molecular weight excluding hydrogens is 510 g/mol. The van der Waals surface area contributed by atoms with Gasteiger partial charge in [0, 0.05) is 50.8 Å². The normalized spacial score (nSPS) is 15.6. The van der Waals surface area contributed by atoms with Crippen LogP contribution in [-0.2, 0) is 26.1 Å². The number of esters is 1. The zero-order valence-corrected chi connectivity index (χ0v) is 23.6. The highest BCUT2D eigenvalue weighted by atomic mass is 32.2. The number of nitrogens with zero attached hydrogens (tertiary/aromatic N) is 3. The number of pyridine rings is 1. The van der Waals surface area contributed by atoms with Crippen LogP contribution in [0.15, 0.2) is 53.7 Å². The number of carbonyl (C=O) groups is 1. The summed E-state index contributed by atoms with van der Waals surface area (Å²) in [6.45, 7) is 9.99. The first-order valence-corrected chi connectivity index (χ1v) is 14.4. The molecule has 0 bridgehead atoms.